The van der Waals surface area contributed by atoms with Crippen molar-refractivity contribution in [2.75, 3.05) is 0 Å². The van der Waals surface area contributed by atoms with Crippen LogP contribution in [0.25, 0.3) is 10.9 Å². The number of halogens is 1. The van der Waals surface area contributed by atoms with Crippen molar-refractivity contribution in [2.45, 2.75) is 6.92 Å². The Morgan fingerprint density at radius 2 is 2.06 bits per heavy atom. The third kappa shape index (κ3) is 1.63. The van der Waals surface area contributed by atoms with E-state index in [1.54, 1.807) is 18.2 Å². The van der Waals surface area contributed by atoms with Crippen LogP contribution in [0.4, 0.5) is 0 Å². The largest absolute Gasteiger partial charge is 0.477 e. The fraction of sp³-hybridized carbons (Fsp3) is 0.0909. The van der Waals surface area contributed by atoms with Crippen molar-refractivity contribution in [2.24, 2.45) is 0 Å². The first-order chi connectivity index (χ1) is 7.50. The van der Waals surface area contributed by atoms with Gasteiger partial charge in [-0.05, 0) is 19.1 Å². The van der Waals surface area contributed by atoms with E-state index in [0.717, 1.165) is 4.47 Å². The highest BCUT2D eigenvalue weighted by atomic mass is 79.9. The molecule has 0 saturated carbocycles. The molecule has 0 radical (unpaired) electrons. The van der Waals surface area contributed by atoms with Gasteiger partial charge in [0, 0.05) is 15.4 Å². The lowest BCUT2D eigenvalue weighted by Gasteiger charge is -1.95. The summed E-state index contributed by atoms with van der Waals surface area (Å²) in [6, 6.07) is 5.24. The van der Waals surface area contributed by atoms with Crippen molar-refractivity contribution in [3.05, 3.63) is 33.9 Å². The number of carboxylic acid groups (broad SMARTS) is 1. The third-order valence-corrected chi connectivity index (χ3v) is 2.82. The smallest absolute Gasteiger partial charge is 0.353 e. The second kappa shape index (κ2) is 3.75. The molecule has 0 atom stereocenters. The van der Waals surface area contributed by atoms with Gasteiger partial charge in [0.1, 0.15) is 5.69 Å². The number of aromatic carboxylic acids is 1. The predicted molar refractivity (Wildman–Crippen MR) is 63.0 cm³/mol. The number of carboxylic acids is 1. The van der Waals surface area contributed by atoms with Crippen molar-refractivity contribution in [1.29, 1.82) is 0 Å². The van der Waals surface area contributed by atoms with Gasteiger partial charge in [0.05, 0.1) is 5.56 Å². The van der Waals surface area contributed by atoms with Gasteiger partial charge in [-0.1, -0.05) is 22.0 Å². The highest BCUT2D eigenvalue weighted by Crippen LogP contribution is 2.25. The molecule has 0 spiro atoms. The van der Waals surface area contributed by atoms with Gasteiger partial charge >= 0.3 is 5.97 Å². The van der Waals surface area contributed by atoms with E-state index in [0.29, 0.717) is 10.9 Å². The minimum atomic E-state index is -1.13. The fourth-order valence-electron chi connectivity index (χ4n) is 1.70. The van der Waals surface area contributed by atoms with Crippen LogP contribution in [0.5, 0.6) is 0 Å². The zero-order valence-electron chi connectivity index (χ0n) is 8.37. The normalized spacial score (nSPS) is 10.6. The number of aromatic nitrogens is 1. The lowest BCUT2D eigenvalue weighted by molar-refractivity contribution is 0.0687. The maximum atomic E-state index is 11.4. The van der Waals surface area contributed by atoms with E-state index in [2.05, 4.69) is 20.9 Å². The number of H-pyrrole nitrogens is 1. The molecule has 5 heteroatoms. The molecule has 0 saturated heterocycles. The summed E-state index contributed by atoms with van der Waals surface area (Å²) < 4.78 is 0.827. The lowest BCUT2D eigenvalue weighted by atomic mass is 10.1. The molecule has 2 aromatic rings. The van der Waals surface area contributed by atoms with E-state index >= 15 is 0 Å². The van der Waals surface area contributed by atoms with Crippen LogP contribution in [0.15, 0.2) is 22.7 Å². The maximum absolute atomic E-state index is 11.4. The number of nitrogens with one attached hydrogen (secondary N) is 1. The Balaban J connectivity index is 2.86. The van der Waals surface area contributed by atoms with Crippen molar-refractivity contribution in [3.63, 3.8) is 0 Å². The Morgan fingerprint density at radius 3 is 2.62 bits per heavy atom. The highest BCUT2D eigenvalue weighted by molar-refractivity contribution is 9.10. The molecular formula is C11H8BrNO3. The quantitative estimate of drug-likeness (QED) is 0.832. The van der Waals surface area contributed by atoms with Crippen molar-refractivity contribution >= 4 is 38.6 Å². The first-order valence-corrected chi connectivity index (χ1v) is 5.35. The molecule has 16 heavy (non-hydrogen) atoms. The zero-order chi connectivity index (χ0) is 11.9. The number of aromatic amines is 1. The van der Waals surface area contributed by atoms with Crippen molar-refractivity contribution in [3.8, 4) is 0 Å². The molecule has 0 bridgehead atoms. The molecule has 1 heterocycles. The molecule has 82 valence electrons. The van der Waals surface area contributed by atoms with Crippen LogP contribution in [0, 0.1) is 0 Å². The molecule has 4 nitrogen and oxygen atoms in total. The van der Waals surface area contributed by atoms with Gasteiger partial charge in [0.2, 0.25) is 0 Å². The Kier molecular flexibility index (Phi) is 2.55. The summed E-state index contributed by atoms with van der Waals surface area (Å²) in [6.07, 6.45) is 0. The summed E-state index contributed by atoms with van der Waals surface area (Å²) in [5.41, 5.74) is 0.813. The second-order valence-corrected chi connectivity index (χ2v) is 4.34. The van der Waals surface area contributed by atoms with Crippen molar-refractivity contribution in [1.82, 2.24) is 4.98 Å². The number of Topliss-reactive ketones (excluding diaryl/α,β-unsaturated/α-hetero) is 1. The van der Waals surface area contributed by atoms with Gasteiger partial charge in [-0.25, -0.2) is 4.79 Å². The zero-order valence-corrected chi connectivity index (χ0v) is 9.96. The summed E-state index contributed by atoms with van der Waals surface area (Å²) in [6.45, 7) is 1.36. The average molecular weight is 282 g/mol. The Bertz CT molecular complexity index is 601. The summed E-state index contributed by atoms with van der Waals surface area (Å²) in [5.74, 6) is -1.39. The molecule has 1 aromatic carbocycles. The Hall–Kier alpha value is -1.62. The molecule has 0 aliphatic rings. The third-order valence-electron chi connectivity index (χ3n) is 2.33. The molecular weight excluding hydrogens is 274 g/mol. The first kappa shape index (κ1) is 10.9. The molecule has 0 aliphatic heterocycles. The summed E-state index contributed by atoms with van der Waals surface area (Å²) in [4.78, 5) is 25.2. The molecule has 2 rings (SSSR count). The van der Waals surface area contributed by atoms with E-state index < -0.39 is 5.97 Å². The Morgan fingerprint density at radius 1 is 1.38 bits per heavy atom. The molecule has 0 fully saturated rings. The summed E-state index contributed by atoms with van der Waals surface area (Å²) in [5, 5.41) is 9.62. The summed E-state index contributed by atoms with van der Waals surface area (Å²) in [7, 11) is 0. The monoisotopic (exact) mass is 281 g/mol. The van der Waals surface area contributed by atoms with E-state index in [1.807, 2.05) is 0 Å². The number of hydrogen-bond acceptors (Lipinski definition) is 2. The van der Waals surface area contributed by atoms with Crippen molar-refractivity contribution < 1.29 is 14.7 Å². The van der Waals surface area contributed by atoms with E-state index in [1.165, 1.54) is 6.92 Å². The standard InChI is InChI=1S/C11H8BrNO3/c1-5(14)9-7-3-2-6(12)4-8(7)13-10(9)11(15)16/h2-4,13H,1H3,(H,15,16). The van der Waals surface area contributed by atoms with Crippen LogP contribution in [0.1, 0.15) is 27.8 Å². The average Bonchev–Trinajstić information content (AvgIpc) is 2.55. The molecule has 0 unspecified atom stereocenters. The van der Waals surface area contributed by atoms with E-state index in [4.69, 9.17) is 5.11 Å². The molecule has 1 aromatic heterocycles. The van der Waals surface area contributed by atoms with Crippen LogP contribution in [-0.2, 0) is 0 Å². The molecule has 0 amide bonds. The number of benzene rings is 1. The van der Waals surface area contributed by atoms with Gasteiger partial charge in [-0.2, -0.15) is 0 Å². The number of fused-ring (bicyclic) bond motifs is 1. The van der Waals surface area contributed by atoms with Crippen LogP contribution in [-0.4, -0.2) is 21.8 Å². The van der Waals surface area contributed by atoms with Crippen LogP contribution in [0.2, 0.25) is 0 Å². The van der Waals surface area contributed by atoms with Gasteiger partial charge in [0.25, 0.3) is 0 Å². The van der Waals surface area contributed by atoms with Crippen LogP contribution in [0.3, 0.4) is 0 Å². The number of rotatable bonds is 2. The highest BCUT2D eigenvalue weighted by Gasteiger charge is 2.19. The SMILES string of the molecule is CC(=O)c1c(C(=O)O)[nH]c2cc(Br)ccc12. The van der Waals surface area contributed by atoms with E-state index in [9.17, 15) is 9.59 Å². The van der Waals surface area contributed by atoms with Crippen LogP contribution >= 0.6 is 15.9 Å². The predicted octanol–water partition coefficient (Wildman–Crippen LogP) is 2.83. The first-order valence-electron chi connectivity index (χ1n) is 4.56. The minimum Gasteiger partial charge on any atom is -0.477 e. The number of hydrogen-bond donors (Lipinski definition) is 2. The maximum Gasteiger partial charge on any atom is 0.353 e. The minimum absolute atomic E-state index is 0.0550. The van der Waals surface area contributed by atoms with Crippen LogP contribution < -0.4 is 0 Å². The lowest BCUT2D eigenvalue weighted by Crippen LogP contribution is -2.04. The fourth-order valence-corrected chi connectivity index (χ4v) is 2.06. The number of carbonyl (C=O) groups excluding carboxylic acids is 1. The number of carbonyl (C=O) groups is 2. The second-order valence-electron chi connectivity index (χ2n) is 3.43. The molecule has 0 aliphatic carbocycles. The topological polar surface area (TPSA) is 70.2 Å². The van der Waals surface area contributed by atoms with Gasteiger partial charge in [-0.15, -0.1) is 0 Å². The van der Waals surface area contributed by atoms with Gasteiger partial charge < -0.3 is 10.1 Å². The Labute approximate surface area is 99.4 Å². The summed E-state index contributed by atoms with van der Waals surface area (Å²) >= 11 is 3.29. The number of ketones is 1. The van der Waals surface area contributed by atoms with Gasteiger partial charge in [-0.3, -0.25) is 4.79 Å². The van der Waals surface area contributed by atoms with Gasteiger partial charge in [0.15, 0.2) is 5.78 Å². The molecule has 2 N–H and O–H groups in total. The van der Waals surface area contributed by atoms with E-state index in [-0.39, 0.29) is 17.0 Å².